The lowest BCUT2D eigenvalue weighted by molar-refractivity contribution is 0.469. The highest BCUT2D eigenvalue weighted by Crippen LogP contribution is 2.24. The minimum Gasteiger partial charge on any atom is -0.327 e. The molecule has 6 heteroatoms. The van der Waals surface area contributed by atoms with E-state index in [0.717, 1.165) is 25.3 Å². The van der Waals surface area contributed by atoms with Gasteiger partial charge in [0.1, 0.15) is 5.82 Å². The molecule has 19 heavy (non-hydrogen) atoms. The summed E-state index contributed by atoms with van der Waals surface area (Å²) in [5, 5.41) is 0. The summed E-state index contributed by atoms with van der Waals surface area (Å²) >= 11 is 0. The van der Waals surface area contributed by atoms with Crippen molar-refractivity contribution in [3.8, 4) is 0 Å². The molecule has 1 aromatic rings. The highest BCUT2D eigenvalue weighted by molar-refractivity contribution is 7.89. The molecule has 2 rings (SSSR count). The predicted molar refractivity (Wildman–Crippen MR) is 71.6 cm³/mol. The number of rotatable bonds is 4. The van der Waals surface area contributed by atoms with Crippen LogP contribution in [-0.4, -0.2) is 21.0 Å². The number of hydrogen-bond donors (Lipinski definition) is 2. The van der Waals surface area contributed by atoms with Crippen molar-refractivity contribution in [2.45, 2.75) is 37.1 Å². The van der Waals surface area contributed by atoms with E-state index in [9.17, 15) is 12.8 Å². The molecule has 4 nitrogen and oxygen atoms in total. The summed E-state index contributed by atoms with van der Waals surface area (Å²) < 4.78 is 39.9. The first-order chi connectivity index (χ1) is 8.90. The van der Waals surface area contributed by atoms with Crippen molar-refractivity contribution in [2.75, 3.05) is 6.54 Å². The zero-order valence-electron chi connectivity index (χ0n) is 10.9. The molecule has 0 aromatic heterocycles. The van der Waals surface area contributed by atoms with Crippen molar-refractivity contribution in [1.29, 1.82) is 0 Å². The van der Waals surface area contributed by atoms with Gasteiger partial charge in [0.25, 0.3) is 0 Å². The third kappa shape index (κ3) is 3.32. The standard InChI is InChI=1S/C13H19FN2O2S/c1-9-7-11(14)5-6-13(9)19(17,18)16-8-10-3-2-4-12(10)15/h5-7,10,12,16H,2-4,8,15H2,1H3. The lowest BCUT2D eigenvalue weighted by Gasteiger charge is -2.16. The number of nitrogens with one attached hydrogen (secondary N) is 1. The van der Waals surface area contributed by atoms with Crippen molar-refractivity contribution < 1.29 is 12.8 Å². The van der Waals surface area contributed by atoms with Crippen LogP contribution in [0.1, 0.15) is 24.8 Å². The second kappa shape index (κ2) is 5.56. The molecule has 0 heterocycles. The SMILES string of the molecule is Cc1cc(F)ccc1S(=O)(=O)NCC1CCCC1N. The van der Waals surface area contributed by atoms with Gasteiger partial charge in [-0.1, -0.05) is 6.42 Å². The third-order valence-corrected chi connectivity index (χ3v) is 5.26. The summed E-state index contributed by atoms with van der Waals surface area (Å²) in [7, 11) is -3.59. The van der Waals surface area contributed by atoms with E-state index in [1.54, 1.807) is 6.92 Å². The Morgan fingerprint density at radius 2 is 2.16 bits per heavy atom. The van der Waals surface area contributed by atoms with Crippen LogP contribution in [0.5, 0.6) is 0 Å². The second-order valence-corrected chi connectivity index (χ2v) is 6.85. The minimum absolute atomic E-state index is 0.0667. The molecular formula is C13H19FN2O2S. The van der Waals surface area contributed by atoms with E-state index in [2.05, 4.69) is 4.72 Å². The first-order valence-electron chi connectivity index (χ1n) is 6.41. The Labute approximate surface area is 113 Å². The van der Waals surface area contributed by atoms with Gasteiger partial charge in [-0.15, -0.1) is 0 Å². The van der Waals surface area contributed by atoms with E-state index in [4.69, 9.17) is 5.73 Å². The van der Waals surface area contributed by atoms with E-state index in [1.807, 2.05) is 0 Å². The molecule has 0 bridgehead atoms. The van der Waals surface area contributed by atoms with Crippen LogP contribution in [0.3, 0.4) is 0 Å². The fourth-order valence-corrected chi connectivity index (χ4v) is 3.85. The summed E-state index contributed by atoms with van der Waals surface area (Å²) in [6.45, 7) is 1.93. The highest BCUT2D eigenvalue weighted by Gasteiger charge is 2.26. The first kappa shape index (κ1) is 14.4. The summed E-state index contributed by atoms with van der Waals surface area (Å²) in [5.74, 6) is -0.246. The van der Waals surface area contributed by atoms with Crippen LogP contribution in [0, 0.1) is 18.7 Å². The molecule has 2 unspecified atom stereocenters. The molecule has 106 valence electrons. The fourth-order valence-electron chi connectivity index (χ4n) is 2.53. The fraction of sp³-hybridized carbons (Fsp3) is 0.538. The summed E-state index contributed by atoms with van der Waals surface area (Å²) in [6, 6.07) is 3.73. The Kier molecular flexibility index (Phi) is 4.23. The van der Waals surface area contributed by atoms with E-state index in [1.165, 1.54) is 12.1 Å². The molecule has 1 fully saturated rings. The average molecular weight is 286 g/mol. The van der Waals surface area contributed by atoms with E-state index in [-0.39, 0.29) is 16.9 Å². The number of nitrogens with two attached hydrogens (primary N) is 1. The number of hydrogen-bond acceptors (Lipinski definition) is 3. The van der Waals surface area contributed by atoms with E-state index in [0.29, 0.717) is 12.1 Å². The molecule has 2 atom stereocenters. The quantitative estimate of drug-likeness (QED) is 0.882. The van der Waals surface area contributed by atoms with Crippen LogP contribution in [0.2, 0.25) is 0 Å². The highest BCUT2D eigenvalue weighted by atomic mass is 32.2. The van der Waals surface area contributed by atoms with Gasteiger partial charge in [0.05, 0.1) is 4.90 Å². The zero-order valence-corrected chi connectivity index (χ0v) is 11.7. The molecule has 0 spiro atoms. The van der Waals surface area contributed by atoms with Crippen molar-refractivity contribution >= 4 is 10.0 Å². The first-order valence-corrected chi connectivity index (χ1v) is 7.90. The van der Waals surface area contributed by atoms with Gasteiger partial charge >= 0.3 is 0 Å². The maximum absolute atomic E-state index is 13.0. The number of sulfonamides is 1. The van der Waals surface area contributed by atoms with E-state index < -0.39 is 15.8 Å². The molecule has 1 aliphatic carbocycles. The van der Waals surface area contributed by atoms with Crippen LogP contribution < -0.4 is 10.5 Å². The van der Waals surface area contributed by atoms with Crippen molar-refractivity contribution in [2.24, 2.45) is 11.7 Å². The van der Waals surface area contributed by atoms with Crippen molar-refractivity contribution in [1.82, 2.24) is 4.72 Å². The van der Waals surface area contributed by atoms with Crippen molar-refractivity contribution in [3.63, 3.8) is 0 Å². The Morgan fingerprint density at radius 3 is 2.74 bits per heavy atom. The van der Waals surface area contributed by atoms with Gasteiger partial charge in [-0.05, 0) is 49.4 Å². The molecule has 0 saturated heterocycles. The monoisotopic (exact) mass is 286 g/mol. The van der Waals surface area contributed by atoms with Crippen LogP contribution in [0.15, 0.2) is 23.1 Å². The summed E-state index contributed by atoms with van der Waals surface area (Å²) in [4.78, 5) is 0.125. The van der Waals surface area contributed by atoms with Crippen LogP contribution >= 0.6 is 0 Å². The van der Waals surface area contributed by atoms with Gasteiger partial charge in [0, 0.05) is 12.6 Å². The predicted octanol–water partition coefficient (Wildman–Crippen LogP) is 1.54. The Hall–Kier alpha value is -0.980. The van der Waals surface area contributed by atoms with Crippen LogP contribution in [-0.2, 0) is 10.0 Å². The van der Waals surface area contributed by atoms with Crippen LogP contribution in [0.25, 0.3) is 0 Å². The smallest absolute Gasteiger partial charge is 0.240 e. The molecule has 1 aromatic carbocycles. The molecule has 1 saturated carbocycles. The summed E-state index contributed by atoms with van der Waals surface area (Å²) in [6.07, 6.45) is 2.94. The largest absolute Gasteiger partial charge is 0.327 e. The Bertz CT molecular complexity index is 560. The van der Waals surface area contributed by atoms with Gasteiger partial charge in [-0.2, -0.15) is 0 Å². The van der Waals surface area contributed by atoms with Gasteiger partial charge < -0.3 is 5.73 Å². The number of halogens is 1. The average Bonchev–Trinajstić information content (AvgIpc) is 2.72. The van der Waals surface area contributed by atoms with Crippen molar-refractivity contribution in [3.05, 3.63) is 29.6 Å². The van der Waals surface area contributed by atoms with Gasteiger partial charge in [0.15, 0.2) is 0 Å². The minimum atomic E-state index is -3.59. The lowest BCUT2D eigenvalue weighted by atomic mass is 10.1. The maximum Gasteiger partial charge on any atom is 0.240 e. The topological polar surface area (TPSA) is 72.2 Å². The molecule has 0 aliphatic heterocycles. The molecule has 0 amide bonds. The molecule has 3 N–H and O–H groups in total. The zero-order chi connectivity index (χ0) is 14.0. The lowest BCUT2D eigenvalue weighted by Crippen LogP contribution is -2.36. The Balaban J connectivity index is 2.09. The number of aryl methyl sites for hydroxylation is 1. The van der Waals surface area contributed by atoms with Crippen LogP contribution in [0.4, 0.5) is 4.39 Å². The maximum atomic E-state index is 13.0. The molecule has 1 aliphatic rings. The third-order valence-electron chi connectivity index (χ3n) is 3.68. The van der Waals surface area contributed by atoms with E-state index >= 15 is 0 Å². The summed E-state index contributed by atoms with van der Waals surface area (Å²) in [5.41, 5.74) is 6.32. The normalized spacial score (nSPS) is 23.7. The second-order valence-electron chi connectivity index (χ2n) is 5.12. The number of benzene rings is 1. The van der Waals surface area contributed by atoms with Gasteiger partial charge in [-0.25, -0.2) is 17.5 Å². The van der Waals surface area contributed by atoms with Gasteiger partial charge in [-0.3, -0.25) is 0 Å². The Morgan fingerprint density at radius 1 is 1.42 bits per heavy atom. The molecular weight excluding hydrogens is 267 g/mol. The van der Waals surface area contributed by atoms with Gasteiger partial charge in [0.2, 0.25) is 10.0 Å². The molecule has 0 radical (unpaired) electrons.